The van der Waals surface area contributed by atoms with Gasteiger partial charge in [0, 0.05) is 5.56 Å². The first-order chi connectivity index (χ1) is 16.1. The lowest BCUT2D eigenvalue weighted by molar-refractivity contribution is -0.130. The zero-order chi connectivity index (χ0) is 23.0. The van der Waals surface area contributed by atoms with Gasteiger partial charge in [0.25, 0.3) is 5.91 Å². The van der Waals surface area contributed by atoms with Crippen LogP contribution >= 0.6 is 0 Å². The zero-order valence-corrected chi connectivity index (χ0v) is 17.9. The number of ether oxygens (including phenoxy) is 4. The van der Waals surface area contributed by atoms with E-state index in [0.717, 1.165) is 5.56 Å². The van der Waals surface area contributed by atoms with Crippen LogP contribution in [-0.2, 0) is 16.1 Å². The van der Waals surface area contributed by atoms with Crippen LogP contribution in [0.1, 0.15) is 21.5 Å². The fourth-order valence-electron chi connectivity index (χ4n) is 3.12. The minimum Gasteiger partial charge on any atom is -0.488 e. The maximum atomic E-state index is 12.4. The standard InChI is InChI=1S/C25H22N2O6/c1-30-25(29)18-12-10-17(11-13-18)15-31-20-7-3-2-6-19(20)14-26-27-24(28)23-16-32-21-8-4-5-9-22(21)33-23/h2-14,23H,15-16H2,1H3,(H,27,28)/b26-14-/t23-/m0/s1. The predicted molar refractivity (Wildman–Crippen MR) is 121 cm³/mol. The van der Waals surface area contributed by atoms with Crippen molar-refractivity contribution in [3.63, 3.8) is 0 Å². The third kappa shape index (κ3) is 5.48. The van der Waals surface area contributed by atoms with Crippen molar-refractivity contribution in [2.75, 3.05) is 13.7 Å². The van der Waals surface area contributed by atoms with Gasteiger partial charge in [-0.3, -0.25) is 4.79 Å². The van der Waals surface area contributed by atoms with Crippen LogP contribution in [0, 0.1) is 0 Å². The van der Waals surface area contributed by atoms with Crippen LogP contribution in [0.4, 0.5) is 0 Å². The highest BCUT2D eigenvalue weighted by atomic mass is 16.6. The van der Waals surface area contributed by atoms with Crippen molar-refractivity contribution in [1.82, 2.24) is 5.43 Å². The highest BCUT2D eigenvalue weighted by molar-refractivity contribution is 5.89. The van der Waals surface area contributed by atoms with E-state index in [0.29, 0.717) is 35.0 Å². The van der Waals surface area contributed by atoms with E-state index in [1.54, 1.807) is 42.5 Å². The molecule has 0 radical (unpaired) electrons. The summed E-state index contributed by atoms with van der Waals surface area (Å²) in [6.07, 6.45) is 0.710. The number of methoxy groups -OCH3 is 1. The molecule has 4 rings (SSSR count). The third-order valence-electron chi connectivity index (χ3n) is 4.87. The van der Waals surface area contributed by atoms with Crippen LogP contribution in [0.25, 0.3) is 0 Å². The van der Waals surface area contributed by atoms with Gasteiger partial charge in [0.15, 0.2) is 11.5 Å². The Bertz CT molecular complexity index is 1160. The van der Waals surface area contributed by atoms with E-state index in [1.165, 1.54) is 13.3 Å². The summed E-state index contributed by atoms with van der Waals surface area (Å²) in [5, 5.41) is 4.04. The minimum atomic E-state index is -0.795. The molecule has 1 atom stereocenters. The van der Waals surface area contributed by atoms with Crippen LogP contribution < -0.4 is 19.6 Å². The Labute approximate surface area is 190 Å². The lowest BCUT2D eigenvalue weighted by Crippen LogP contribution is -2.42. The molecule has 8 heteroatoms. The van der Waals surface area contributed by atoms with Crippen LogP contribution in [0.3, 0.4) is 0 Å². The number of esters is 1. The first kappa shape index (κ1) is 21.9. The fraction of sp³-hybridized carbons (Fsp3) is 0.160. The molecule has 1 amide bonds. The quantitative estimate of drug-likeness (QED) is 0.340. The smallest absolute Gasteiger partial charge is 0.337 e. The number of carbonyl (C=O) groups is 2. The molecule has 168 valence electrons. The Morgan fingerprint density at radius 2 is 1.76 bits per heavy atom. The molecule has 0 saturated heterocycles. The van der Waals surface area contributed by atoms with Crippen LogP contribution in [0.15, 0.2) is 77.9 Å². The van der Waals surface area contributed by atoms with Gasteiger partial charge in [0.1, 0.15) is 19.0 Å². The number of hydrazone groups is 1. The number of nitrogens with zero attached hydrogens (tertiary/aromatic N) is 1. The molecule has 3 aromatic rings. The number of fused-ring (bicyclic) bond motifs is 1. The molecular formula is C25H22N2O6. The number of benzene rings is 3. The number of amides is 1. The maximum Gasteiger partial charge on any atom is 0.337 e. The third-order valence-corrected chi connectivity index (χ3v) is 4.87. The molecule has 33 heavy (non-hydrogen) atoms. The summed E-state index contributed by atoms with van der Waals surface area (Å²) in [5.41, 5.74) is 4.53. The van der Waals surface area contributed by atoms with E-state index >= 15 is 0 Å². The Kier molecular flexibility index (Phi) is 6.84. The maximum absolute atomic E-state index is 12.4. The number of hydrogen-bond acceptors (Lipinski definition) is 7. The van der Waals surface area contributed by atoms with E-state index in [4.69, 9.17) is 18.9 Å². The van der Waals surface area contributed by atoms with Gasteiger partial charge in [-0.25, -0.2) is 10.2 Å². The molecular weight excluding hydrogens is 424 g/mol. The lowest BCUT2D eigenvalue weighted by atomic mass is 10.1. The molecule has 0 bridgehead atoms. The van der Waals surface area contributed by atoms with Crippen molar-refractivity contribution in [1.29, 1.82) is 0 Å². The topological polar surface area (TPSA) is 95.5 Å². The summed E-state index contributed by atoms with van der Waals surface area (Å²) >= 11 is 0. The average Bonchev–Trinajstić information content (AvgIpc) is 2.87. The number of hydrogen-bond donors (Lipinski definition) is 1. The molecule has 8 nitrogen and oxygen atoms in total. The van der Waals surface area contributed by atoms with Gasteiger partial charge in [-0.05, 0) is 42.0 Å². The molecule has 0 aromatic heterocycles. The molecule has 0 saturated carbocycles. The Morgan fingerprint density at radius 3 is 2.55 bits per heavy atom. The van der Waals surface area contributed by atoms with E-state index in [1.807, 2.05) is 30.3 Å². The molecule has 0 aliphatic carbocycles. The summed E-state index contributed by atoms with van der Waals surface area (Å²) in [6, 6.07) is 21.5. The van der Waals surface area contributed by atoms with E-state index in [9.17, 15) is 9.59 Å². The normalized spacial score (nSPS) is 14.5. The summed E-state index contributed by atoms with van der Waals surface area (Å²) in [6.45, 7) is 0.401. The highest BCUT2D eigenvalue weighted by Crippen LogP contribution is 2.30. The molecule has 0 fully saturated rings. The summed E-state index contributed by atoms with van der Waals surface area (Å²) < 4.78 is 21.8. The molecule has 1 aliphatic rings. The van der Waals surface area contributed by atoms with Gasteiger partial charge < -0.3 is 18.9 Å². The van der Waals surface area contributed by atoms with Crippen molar-refractivity contribution >= 4 is 18.1 Å². The van der Waals surface area contributed by atoms with Crippen molar-refractivity contribution in [2.45, 2.75) is 12.7 Å². The Hall–Kier alpha value is -4.33. The second-order valence-corrected chi connectivity index (χ2v) is 7.11. The van der Waals surface area contributed by atoms with Gasteiger partial charge in [-0.2, -0.15) is 5.10 Å². The van der Waals surface area contributed by atoms with E-state index < -0.39 is 12.0 Å². The van der Waals surface area contributed by atoms with Gasteiger partial charge in [0.05, 0.1) is 18.9 Å². The number of para-hydroxylation sites is 3. The average molecular weight is 446 g/mol. The highest BCUT2D eigenvalue weighted by Gasteiger charge is 2.27. The predicted octanol–water partition coefficient (Wildman–Crippen LogP) is 3.34. The Morgan fingerprint density at radius 1 is 1.03 bits per heavy atom. The van der Waals surface area contributed by atoms with Gasteiger partial charge in [-0.1, -0.05) is 36.4 Å². The zero-order valence-electron chi connectivity index (χ0n) is 17.9. The number of nitrogens with one attached hydrogen (secondary N) is 1. The van der Waals surface area contributed by atoms with E-state index in [-0.39, 0.29) is 12.6 Å². The minimum absolute atomic E-state index is 0.104. The second-order valence-electron chi connectivity index (χ2n) is 7.11. The van der Waals surface area contributed by atoms with Gasteiger partial charge in [-0.15, -0.1) is 0 Å². The monoisotopic (exact) mass is 446 g/mol. The van der Waals surface area contributed by atoms with Gasteiger partial charge in [0.2, 0.25) is 6.10 Å². The number of carbonyl (C=O) groups excluding carboxylic acids is 2. The summed E-state index contributed by atoms with van der Waals surface area (Å²) in [5.74, 6) is 0.923. The molecule has 0 spiro atoms. The van der Waals surface area contributed by atoms with Crippen molar-refractivity contribution in [3.8, 4) is 17.2 Å². The molecule has 1 aliphatic heterocycles. The second kappa shape index (κ2) is 10.3. The molecule has 1 N–H and O–H groups in total. The molecule has 1 heterocycles. The summed E-state index contributed by atoms with van der Waals surface area (Å²) in [7, 11) is 1.34. The van der Waals surface area contributed by atoms with Crippen molar-refractivity contribution < 1.29 is 28.5 Å². The van der Waals surface area contributed by atoms with Crippen LogP contribution in [0.2, 0.25) is 0 Å². The molecule has 0 unspecified atom stereocenters. The Balaban J connectivity index is 1.34. The molecule has 3 aromatic carbocycles. The summed E-state index contributed by atoms with van der Waals surface area (Å²) in [4.78, 5) is 23.9. The first-order valence-corrected chi connectivity index (χ1v) is 10.2. The van der Waals surface area contributed by atoms with Crippen LogP contribution in [-0.4, -0.2) is 37.9 Å². The van der Waals surface area contributed by atoms with E-state index in [2.05, 4.69) is 10.5 Å². The van der Waals surface area contributed by atoms with Crippen molar-refractivity contribution in [3.05, 3.63) is 89.5 Å². The van der Waals surface area contributed by atoms with Crippen molar-refractivity contribution in [2.24, 2.45) is 5.10 Å². The first-order valence-electron chi connectivity index (χ1n) is 10.2. The lowest BCUT2D eigenvalue weighted by Gasteiger charge is -2.24. The van der Waals surface area contributed by atoms with Gasteiger partial charge >= 0.3 is 5.97 Å². The fourth-order valence-corrected chi connectivity index (χ4v) is 3.12. The van der Waals surface area contributed by atoms with Crippen LogP contribution in [0.5, 0.6) is 17.2 Å². The number of rotatable bonds is 7. The SMILES string of the molecule is COC(=O)c1ccc(COc2ccccc2/C=N\NC(=O)[C@@H]2COc3ccccc3O2)cc1. The largest absolute Gasteiger partial charge is 0.488 e.